The number of carbonyl (C=O) groups is 1. The lowest BCUT2D eigenvalue weighted by Gasteiger charge is -2.36. The van der Waals surface area contributed by atoms with Gasteiger partial charge in [-0.15, -0.1) is 0 Å². The number of carbonyl (C=O) groups excluding carboxylic acids is 1. The summed E-state index contributed by atoms with van der Waals surface area (Å²) < 4.78 is 38.9. The summed E-state index contributed by atoms with van der Waals surface area (Å²) >= 11 is 1.19. The first-order chi connectivity index (χ1) is 15.2. The average molecular weight is 462 g/mol. The minimum atomic E-state index is -4.39. The summed E-state index contributed by atoms with van der Waals surface area (Å²) in [6.45, 7) is 1.97. The van der Waals surface area contributed by atoms with Crippen LogP contribution in [0.3, 0.4) is 0 Å². The maximum absolute atomic E-state index is 13.0. The normalized spacial score (nSPS) is 18.3. The maximum Gasteiger partial charge on any atom is 0.416 e. The molecule has 2 heterocycles. The molecule has 1 amide bonds. The Hall–Kier alpha value is -3.34. The predicted molar refractivity (Wildman–Crippen MR) is 116 cm³/mol. The standard InChI is InChI=1S/C21H17F3N4O3S/c22-21(23,24)15-4-2-5-16(13-15)26-7-9-27(10-8-26)20-25-19(29)18(32-20)12-14-3-1-6-17(11-14)28(30)31/h1-6,11-13H,7-10H2/b18-12+. The van der Waals surface area contributed by atoms with E-state index >= 15 is 0 Å². The van der Waals surface area contributed by atoms with Crippen molar-refractivity contribution in [2.45, 2.75) is 6.18 Å². The Morgan fingerprint density at radius 3 is 2.41 bits per heavy atom. The summed E-state index contributed by atoms with van der Waals surface area (Å²) in [5, 5.41) is 11.5. The van der Waals surface area contributed by atoms with Gasteiger partial charge in [0, 0.05) is 44.0 Å². The number of hydrogen-bond acceptors (Lipinski definition) is 6. The van der Waals surface area contributed by atoms with Crippen LogP contribution in [0.15, 0.2) is 58.4 Å². The third kappa shape index (κ3) is 4.77. The van der Waals surface area contributed by atoms with E-state index in [9.17, 15) is 28.1 Å². The molecule has 2 aliphatic heterocycles. The number of non-ortho nitro benzene ring substituents is 1. The zero-order valence-electron chi connectivity index (χ0n) is 16.6. The Morgan fingerprint density at radius 1 is 1.03 bits per heavy atom. The number of alkyl halides is 3. The van der Waals surface area contributed by atoms with E-state index in [1.807, 2.05) is 9.80 Å². The van der Waals surface area contributed by atoms with E-state index in [1.54, 1.807) is 24.3 Å². The Labute approximate surface area is 185 Å². The molecular formula is C21H17F3N4O3S. The van der Waals surface area contributed by atoms with Crippen molar-refractivity contribution in [2.24, 2.45) is 4.99 Å². The molecule has 32 heavy (non-hydrogen) atoms. The van der Waals surface area contributed by atoms with E-state index in [4.69, 9.17) is 0 Å². The molecule has 1 fully saturated rings. The van der Waals surface area contributed by atoms with Crippen LogP contribution in [-0.2, 0) is 11.0 Å². The van der Waals surface area contributed by atoms with Crippen LogP contribution in [0, 0.1) is 10.1 Å². The summed E-state index contributed by atoms with van der Waals surface area (Å²) in [6.07, 6.45) is -2.83. The highest BCUT2D eigenvalue weighted by Crippen LogP contribution is 2.33. The highest BCUT2D eigenvalue weighted by molar-refractivity contribution is 8.18. The van der Waals surface area contributed by atoms with Crippen LogP contribution >= 0.6 is 11.8 Å². The summed E-state index contributed by atoms with van der Waals surface area (Å²) in [5.41, 5.74) is 0.278. The molecular weight excluding hydrogens is 445 g/mol. The number of rotatable bonds is 3. The molecule has 2 aliphatic rings. The number of anilines is 1. The first-order valence-corrected chi connectivity index (χ1v) is 10.5. The number of aliphatic imine (C=N–C) groups is 1. The number of halogens is 3. The highest BCUT2D eigenvalue weighted by Gasteiger charge is 2.32. The molecule has 0 saturated carbocycles. The van der Waals surface area contributed by atoms with Crippen LogP contribution in [0.1, 0.15) is 11.1 Å². The Balaban J connectivity index is 1.41. The van der Waals surface area contributed by atoms with Gasteiger partial charge in [-0.25, -0.2) is 0 Å². The number of amides is 1. The summed E-state index contributed by atoms with van der Waals surface area (Å²) in [6, 6.07) is 11.2. The molecule has 4 rings (SSSR count). The number of piperazine rings is 1. The number of nitrogens with zero attached hydrogens (tertiary/aromatic N) is 4. The Morgan fingerprint density at radius 2 is 1.72 bits per heavy atom. The molecule has 0 atom stereocenters. The Bertz CT molecular complexity index is 1130. The number of nitro benzene ring substituents is 1. The Kier molecular flexibility index (Phi) is 5.92. The van der Waals surface area contributed by atoms with Crippen LogP contribution in [-0.4, -0.2) is 47.1 Å². The van der Waals surface area contributed by atoms with E-state index in [0.717, 1.165) is 12.1 Å². The van der Waals surface area contributed by atoms with E-state index in [1.165, 1.54) is 30.0 Å². The number of benzene rings is 2. The van der Waals surface area contributed by atoms with Crippen LogP contribution in [0.2, 0.25) is 0 Å². The molecule has 0 N–H and O–H groups in total. The van der Waals surface area contributed by atoms with Gasteiger partial charge in [0.05, 0.1) is 15.4 Å². The predicted octanol–water partition coefficient (Wildman–Crippen LogP) is 4.41. The van der Waals surface area contributed by atoms with Gasteiger partial charge < -0.3 is 9.80 Å². The topological polar surface area (TPSA) is 79.0 Å². The van der Waals surface area contributed by atoms with Crippen molar-refractivity contribution < 1.29 is 22.9 Å². The highest BCUT2D eigenvalue weighted by atomic mass is 32.2. The lowest BCUT2D eigenvalue weighted by molar-refractivity contribution is -0.384. The van der Waals surface area contributed by atoms with E-state index in [-0.39, 0.29) is 5.69 Å². The zero-order chi connectivity index (χ0) is 22.9. The second-order valence-electron chi connectivity index (χ2n) is 7.18. The lowest BCUT2D eigenvalue weighted by atomic mass is 10.1. The maximum atomic E-state index is 13.0. The molecule has 0 bridgehead atoms. The van der Waals surface area contributed by atoms with Gasteiger partial charge in [0.25, 0.3) is 11.6 Å². The van der Waals surface area contributed by atoms with Crippen LogP contribution in [0.4, 0.5) is 24.5 Å². The van der Waals surface area contributed by atoms with Gasteiger partial charge in [0.1, 0.15) is 0 Å². The first kappa shape index (κ1) is 21.9. The lowest BCUT2D eigenvalue weighted by Crippen LogP contribution is -2.47. The van der Waals surface area contributed by atoms with E-state index in [0.29, 0.717) is 47.5 Å². The molecule has 166 valence electrons. The summed E-state index contributed by atoms with van der Waals surface area (Å²) in [5.74, 6) is -0.420. The van der Waals surface area contributed by atoms with Gasteiger partial charge in [-0.3, -0.25) is 14.9 Å². The zero-order valence-corrected chi connectivity index (χ0v) is 17.4. The van der Waals surface area contributed by atoms with Crippen molar-refractivity contribution >= 4 is 40.3 Å². The quantitative estimate of drug-likeness (QED) is 0.382. The van der Waals surface area contributed by atoms with E-state index in [2.05, 4.69) is 4.99 Å². The minimum Gasteiger partial charge on any atom is -0.368 e. The summed E-state index contributed by atoms with van der Waals surface area (Å²) in [7, 11) is 0. The van der Waals surface area contributed by atoms with Gasteiger partial charge >= 0.3 is 6.18 Å². The molecule has 0 aromatic heterocycles. The largest absolute Gasteiger partial charge is 0.416 e. The van der Waals surface area contributed by atoms with Gasteiger partial charge in [-0.05, 0) is 41.6 Å². The monoisotopic (exact) mass is 462 g/mol. The van der Waals surface area contributed by atoms with E-state index < -0.39 is 22.6 Å². The molecule has 7 nitrogen and oxygen atoms in total. The van der Waals surface area contributed by atoms with Crippen molar-refractivity contribution in [1.82, 2.24) is 4.90 Å². The molecule has 1 saturated heterocycles. The smallest absolute Gasteiger partial charge is 0.368 e. The van der Waals surface area contributed by atoms with Gasteiger partial charge in [0.2, 0.25) is 0 Å². The van der Waals surface area contributed by atoms with Gasteiger partial charge in [-0.1, -0.05) is 18.2 Å². The second-order valence-corrected chi connectivity index (χ2v) is 8.19. The first-order valence-electron chi connectivity index (χ1n) is 9.65. The third-order valence-corrected chi connectivity index (χ3v) is 6.12. The molecule has 0 aliphatic carbocycles. The number of nitro groups is 1. The fraction of sp³-hybridized carbons (Fsp3) is 0.238. The van der Waals surface area contributed by atoms with Crippen molar-refractivity contribution in [3.63, 3.8) is 0 Å². The van der Waals surface area contributed by atoms with Crippen molar-refractivity contribution in [3.05, 3.63) is 74.7 Å². The molecule has 2 aromatic carbocycles. The molecule has 0 radical (unpaired) electrons. The van der Waals surface area contributed by atoms with Crippen molar-refractivity contribution in [3.8, 4) is 0 Å². The summed E-state index contributed by atoms with van der Waals surface area (Å²) in [4.78, 5) is 31.0. The fourth-order valence-corrected chi connectivity index (χ4v) is 4.41. The van der Waals surface area contributed by atoms with Crippen LogP contribution in [0.25, 0.3) is 6.08 Å². The van der Waals surface area contributed by atoms with Gasteiger partial charge in [0.15, 0.2) is 5.17 Å². The number of thioether (sulfide) groups is 1. The van der Waals surface area contributed by atoms with Crippen molar-refractivity contribution in [2.75, 3.05) is 31.1 Å². The molecule has 0 unspecified atom stereocenters. The van der Waals surface area contributed by atoms with Crippen molar-refractivity contribution in [1.29, 1.82) is 0 Å². The fourth-order valence-electron chi connectivity index (χ4n) is 3.45. The molecule has 2 aromatic rings. The molecule has 0 spiro atoms. The average Bonchev–Trinajstić information content (AvgIpc) is 3.13. The number of amidine groups is 1. The molecule has 11 heteroatoms. The third-order valence-electron chi connectivity index (χ3n) is 5.08. The second kappa shape index (κ2) is 8.65. The van der Waals surface area contributed by atoms with Crippen LogP contribution in [0.5, 0.6) is 0 Å². The minimum absolute atomic E-state index is 0.0679. The van der Waals surface area contributed by atoms with Gasteiger partial charge in [-0.2, -0.15) is 18.2 Å². The SMILES string of the molecule is O=C1N=C(N2CCN(c3cccc(C(F)(F)F)c3)CC2)S/C1=C/c1cccc([N+](=O)[O-])c1. The number of hydrogen-bond donors (Lipinski definition) is 0. The van der Waals surface area contributed by atoms with Crippen LogP contribution < -0.4 is 4.90 Å².